The molecule has 1 aliphatic rings. The van der Waals surface area contributed by atoms with Crippen molar-refractivity contribution in [2.45, 2.75) is 19.3 Å². The van der Waals surface area contributed by atoms with Crippen molar-refractivity contribution in [3.63, 3.8) is 0 Å². The smallest absolute Gasteiger partial charge is 0.257 e. The molecule has 0 atom stereocenters. The molecule has 1 saturated heterocycles. The molecule has 0 spiro atoms. The zero-order valence-electron chi connectivity index (χ0n) is 10.9. The SMILES string of the molecule is COc1ccc(C(=O)N2CCCCC2)c(OC)c1. The van der Waals surface area contributed by atoms with Crippen LogP contribution in [0.5, 0.6) is 11.5 Å². The van der Waals surface area contributed by atoms with E-state index >= 15 is 0 Å². The van der Waals surface area contributed by atoms with E-state index in [0.717, 1.165) is 25.9 Å². The second kappa shape index (κ2) is 5.76. The highest BCUT2D eigenvalue weighted by Crippen LogP contribution is 2.26. The lowest BCUT2D eigenvalue weighted by Crippen LogP contribution is -2.35. The molecule has 0 unspecified atom stereocenters. The molecular formula is C14H19NO3. The maximum atomic E-state index is 12.4. The molecule has 0 radical (unpaired) electrons. The summed E-state index contributed by atoms with van der Waals surface area (Å²) in [5.41, 5.74) is 0.611. The zero-order chi connectivity index (χ0) is 13.0. The van der Waals surface area contributed by atoms with Crippen LogP contribution in [0.2, 0.25) is 0 Å². The number of amides is 1. The molecule has 1 heterocycles. The third kappa shape index (κ3) is 2.58. The number of piperidine rings is 1. The minimum atomic E-state index is 0.0502. The Morgan fingerprint density at radius 3 is 2.44 bits per heavy atom. The van der Waals surface area contributed by atoms with E-state index in [0.29, 0.717) is 17.1 Å². The highest BCUT2D eigenvalue weighted by atomic mass is 16.5. The Bertz CT molecular complexity index is 425. The van der Waals surface area contributed by atoms with Gasteiger partial charge in [0.15, 0.2) is 0 Å². The number of likely N-dealkylation sites (tertiary alicyclic amines) is 1. The van der Waals surface area contributed by atoms with Gasteiger partial charge in [0.05, 0.1) is 19.8 Å². The van der Waals surface area contributed by atoms with E-state index < -0.39 is 0 Å². The average Bonchev–Trinajstić information content (AvgIpc) is 2.46. The summed E-state index contributed by atoms with van der Waals surface area (Å²) >= 11 is 0. The third-order valence-corrected chi connectivity index (χ3v) is 3.28. The van der Waals surface area contributed by atoms with Gasteiger partial charge in [-0.15, -0.1) is 0 Å². The predicted molar refractivity (Wildman–Crippen MR) is 69.3 cm³/mol. The van der Waals surface area contributed by atoms with Crippen molar-refractivity contribution in [1.82, 2.24) is 4.90 Å². The first kappa shape index (κ1) is 12.7. The van der Waals surface area contributed by atoms with Gasteiger partial charge in [-0.05, 0) is 31.4 Å². The van der Waals surface area contributed by atoms with Gasteiger partial charge in [-0.2, -0.15) is 0 Å². The summed E-state index contributed by atoms with van der Waals surface area (Å²) in [4.78, 5) is 14.3. The summed E-state index contributed by atoms with van der Waals surface area (Å²) < 4.78 is 10.4. The lowest BCUT2D eigenvalue weighted by molar-refractivity contribution is 0.0721. The van der Waals surface area contributed by atoms with Crippen LogP contribution in [0.1, 0.15) is 29.6 Å². The average molecular weight is 249 g/mol. The number of ether oxygens (including phenoxy) is 2. The number of methoxy groups -OCH3 is 2. The van der Waals surface area contributed by atoms with Crippen molar-refractivity contribution in [1.29, 1.82) is 0 Å². The van der Waals surface area contributed by atoms with Crippen molar-refractivity contribution in [3.05, 3.63) is 23.8 Å². The Balaban J connectivity index is 2.23. The molecular weight excluding hydrogens is 230 g/mol. The van der Waals surface area contributed by atoms with Crippen LogP contribution in [-0.4, -0.2) is 38.1 Å². The number of carbonyl (C=O) groups excluding carboxylic acids is 1. The molecule has 2 rings (SSSR count). The molecule has 0 saturated carbocycles. The van der Waals surface area contributed by atoms with Crippen LogP contribution in [0.3, 0.4) is 0 Å². The Hall–Kier alpha value is -1.71. The van der Waals surface area contributed by atoms with Gasteiger partial charge >= 0.3 is 0 Å². The molecule has 1 fully saturated rings. The summed E-state index contributed by atoms with van der Waals surface area (Å²) in [6.45, 7) is 1.68. The molecule has 1 aliphatic heterocycles. The van der Waals surface area contributed by atoms with Crippen LogP contribution >= 0.6 is 0 Å². The van der Waals surface area contributed by atoms with Gasteiger partial charge in [-0.1, -0.05) is 0 Å². The summed E-state index contributed by atoms with van der Waals surface area (Å²) in [7, 11) is 3.17. The van der Waals surface area contributed by atoms with Gasteiger partial charge < -0.3 is 14.4 Å². The zero-order valence-corrected chi connectivity index (χ0v) is 10.9. The van der Waals surface area contributed by atoms with Gasteiger partial charge in [0.1, 0.15) is 11.5 Å². The van der Waals surface area contributed by atoms with Crippen molar-refractivity contribution in [2.75, 3.05) is 27.3 Å². The van der Waals surface area contributed by atoms with Crippen LogP contribution in [0, 0.1) is 0 Å². The van der Waals surface area contributed by atoms with E-state index in [2.05, 4.69) is 0 Å². The molecule has 98 valence electrons. The first-order valence-corrected chi connectivity index (χ1v) is 6.27. The van der Waals surface area contributed by atoms with Crippen LogP contribution in [-0.2, 0) is 0 Å². The highest BCUT2D eigenvalue weighted by molar-refractivity contribution is 5.97. The molecule has 1 aromatic rings. The molecule has 1 aromatic carbocycles. The maximum absolute atomic E-state index is 12.4. The molecule has 0 N–H and O–H groups in total. The normalized spacial score (nSPS) is 15.3. The van der Waals surface area contributed by atoms with Crippen molar-refractivity contribution in [3.8, 4) is 11.5 Å². The number of nitrogens with zero attached hydrogens (tertiary/aromatic N) is 1. The lowest BCUT2D eigenvalue weighted by atomic mass is 10.1. The summed E-state index contributed by atoms with van der Waals surface area (Å²) in [5.74, 6) is 1.32. The molecule has 18 heavy (non-hydrogen) atoms. The standard InChI is InChI=1S/C14H19NO3/c1-17-11-6-7-12(13(10-11)18-2)14(16)15-8-4-3-5-9-15/h6-7,10H,3-5,8-9H2,1-2H3. The van der Waals surface area contributed by atoms with Gasteiger partial charge in [0.25, 0.3) is 5.91 Å². The molecule has 0 aromatic heterocycles. The number of rotatable bonds is 3. The largest absolute Gasteiger partial charge is 0.497 e. The second-order valence-electron chi connectivity index (χ2n) is 4.42. The summed E-state index contributed by atoms with van der Waals surface area (Å²) in [5, 5.41) is 0. The van der Waals surface area contributed by atoms with Gasteiger partial charge in [-0.25, -0.2) is 0 Å². The van der Waals surface area contributed by atoms with Gasteiger partial charge in [0, 0.05) is 19.2 Å². The van der Waals surface area contributed by atoms with Gasteiger partial charge in [-0.3, -0.25) is 4.79 Å². The fraction of sp³-hybridized carbons (Fsp3) is 0.500. The lowest BCUT2D eigenvalue weighted by Gasteiger charge is -2.27. The summed E-state index contributed by atoms with van der Waals surface area (Å²) in [6, 6.07) is 5.31. The van der Waals surface area contributed by atoms with Crippen molar-refractivity contribution < 1.29 is 14.3 Å². The van der Waals surface area contributed by atoms with Crippen LogP contribution in [0.4, 0.5) is 0 Å². The monoisotopic (exact) mass is 249 g/mol. The minimum absolute atomic E-state index is 0.0502. The van der Waals surface area contributed by atoms with E-state index in [1.807, 2.05) is 4.90 Å². The number of benzene rings is 1. The van der Waals surface area contributed by atoms with Gasteiger partial charge in [0.2, 0.25) is 0 Å². The minimum Gasteiger partial charge on any atom is -0.497 e. The van der Waals surface area contributed by atoms with E-state index in [4.69, 9.17) is 9.47 Å². The van der Waals surface area contributed by atoms with E-state index in [9.17, 15) is 4.79 Å². The Morgan fingerprint density at radius 2 is 1.83 bits per heavy atom. The molecule has 4 nitrogen and oxygen atoms in total. The Morgan fingerprint density at radius 1 is 1.11 bits per heavy atom. The Labute approximate surface area is 107 Å². The maximum Gasteiger partial charge on any atom is 0.257 e. The highest BCUT2D eigenvalue weighted by Gasteiger charge is 2.21. The molecule has 1 amide bonds. The molecule has 4 heteroatoms. The topological polar surface area (TPSA) is 38.8 Å². The van der Waals surface area contributed by atoms with Crippen LogP contribution < -0.4 is 9.47 Å². The summed E-state index contributed by atoms with van der Waals surface area (Å²) in [6.07, 6.45) is 3.39. The quantitative estimate of drug-likeness (QED) is 0.825. The molecule has 0 aliphatic carbocycles. The fourth-order valence-corrected chi connectivity index (χ4v) is 2.24. The van der Waals surface area contributed by atoms with E-state index in [-0.39, 0.29) is 5.91 Å². The first-order chi connectivity index (χ1) is 8.76. The number of carbonyl (C=O) groups is 1. The van der Waals surface area contributed by atoms with Crippen molar-refractivity contribution >= 4 is 5.91 Å². The Kier molecular flexibility index (Phi) is 4.07. The number of hydrogen-bond acceptors (Lipinski definition) is 3. The van der Waals surface area contributed by atoms with Crippen LogP contribution in [0.25, 0.3) is 0 Å². The predicted octanol–water partition coefficient (Wildman–Crippen LogP) is 2.33. The van der Waals surface area contributed by atoms with E-state index in [1.54, 1.807) is 32.4 Å². The second-order valence-corrected chi connectivity index (χ2v) is 4.42. The third-order valence-electron chi connectivity index (χ3n) is 3.28. The van der Waals surface area contributed by atoms with Crippen LogP contribution in [0.15, 0.2) is 18.2 Å². The molecule has 0 bridgehead atoms. The fourth-order valence-electron chi connectivity index (χ4n) is 2.24. The number of hydrogen-bond donors (Lipinski definition) is 0. The van der Waals surface area contributed by atoms with E-state index in [1.165, 1.54) is 6.42 Å². The first-order valence-electron chi connectivity index (χ1n) is 6.27. The van der Waals surface area contributed by atoms with Crippen molar-refractivity contribution in [2.24, 2.45) is 0 Å².